The van der Waals surface area contributed by atoms with Crippen molar-refractivity contribution >= 4 is 23.4 Å². The fourth-order valence-electron chi connectivity index (χ4n) is 2.33. The lowest BCUT2D eigenvalue weighted by atomic mass is 10.2. The van der Waals surface area contributed by atoms with Crippen LogP contribution in [0.1, 0.15) is 13.8 Å². The maximum atomic E-state index is 5.82. The second kappa shape index (κ2) is 6.36. The van der Waals surface area contributed by atoms with Gasteiger partial charge in [-0.1, -0.05) is 11.6 Å². The number of ether oxygens (including phenoxy) is 1. The van der Waals surface area contributed by atoms with Gasteiger partial charge in [0.2, 0.25) is 5.95 Å². The molecule has 3 N–H and O–H groups in total. The van der Waals surface area contributed by atoms with Crippen LogP contribution in [0.25, 0.3) is 0 Å². The molecule has 106 valence electrons. The molecule has 0 amide bonds. The third kappa shape index (κ3) is 4.49. The Morgan fingerprint density at radius 3 is 2.74 bits per heavy atom. The van der Waals surface area contributed by atoms with Crippen LogP contribution in [0.4, 0.5) is 11.8 Å². The molecule has 0 radical (unpaired) electrons. The third-order valence-electron chi connectivity index (χ3n) is 2.94. The average molecular weight is 286 g/mol. The highest BCUT2D eigenvalue weighted by atomic mass is 35.5. The topological polar surface area (TPSA) is 76.3 Å². The van der Waals surface area contributed by atoms with Gasteiger partial charge in [0.25, 0.3) is 0 Å². The summed E-state index contributed by atoms with van der Waals surface area (Å²) < 4.78 is 5.70. The Kier molecular flexibility index (Phi) is 4.79. The predicted octanol–water partition coefficient (Wildman–Crippen LogP) is 1.23. The van der Waals surface area contributed by atoms with Crippen molar-refractivity contribution in [2.24, 2.45) is 0 Å². The Morgan fingerprint density at radius 2 is 2.11 bits per heavy atom. The fourth-order valence-corrected chi connectivity index (χ4v) is 2.52. The summed E-state index contributed by atoms with van der Waals surface area (Å²) in [6.07, 6.45) is 0.570. The van der Waals surface area contributed by atoms with Crippen LogP contribution in [0, 0.1) is 0 Å². The number of anilines is 2. The Labute approximate surface area is 118 Å². The van der Waals surface area contributed by atoms with Crippen molar-refractivity contribution in [1.29, 1.82) is 0 Å². The molecule has 0 unspecified atom stereocenters. The Bertz CT molecular complexity index is 400. The summed E-state index contributed by atoms with van der Waals surface area (Å²) in [6.45, 7) is 7.82. The lowest BCUT2D eigenvalue weighted by molar-refractivity contribution is -0.0667. The van der Waals surface area contributed by atoms with Crippen molar-refractivity contribution in [3.8, 4) is 0 Å². The molecule has 1 fully saturated rings. The first kappa shape index (κ1) is 14.3. The number of hydrogen-bond acceptors (Lipinski definition) is 6. The van der Waals surface area contributed by atoms with Crippen molar-refractivity contribution in [2.75, 3.05) is 37.2 Å². The van der Waals surface area contributed by atoms with Gasteiger partial charge in [-0.05, 0) is 13.8 Å². The summed E-state index contributed by atoms with van der Waals surface area (Å²) in [7, 11) is 0. The minimum Gasteiger partial charge on any atom is -0.373 e. The van der Waals surface area contributed by atoms with Crippen molar-refractivity contribution < 1.29 is 4.74 Å². The Morgan fingerprint density at radius 1 is 1.42 bits per heavy atom. The summed E-state index contributed by atoms with van der Waals surface area (Å²) in [5.74, 6) is 0.843. The molecule has 19 heavy (non-hydrogen) atoms. The zero-order chi connectivity index (χ0) is 13.8. The second-order valence-electron chi connectivity index (χ2n) is 4.88. The van der Waals surface area contributed by atoms with Gasteiger partial charge < -0.3 is 15.8 Å². The largest absolute Gasteiger partial charge is 0.373 e. The van der Waals surface area contributed by atoms with E-state index in [1.165, 1.54) is 0 Å². The van der Waals surface area contributed by atoms with Gasteiger partial charge >= 0.3 is 0 Å². The van der Waals surface area contributed by atoms with E-state index in [-0.39, 0.29) is 18.2 Å². The van der Waals surface area contributed by atoms with E-state index in [1.54, 1.807) is 6.07 Å². The SMILES string of the molecule is C[C@@H]1CN(CCNc2cc(Cl)nc(N)n2)C[C@H](C)O1. The van der Waals surface area contributed by atoms with E-state index >= 15 is 0 Å². The number of nitrogens with zero attached hydrogens (tertiary/aromatic N) is 3. The molecule has 2 heterocycles. The highest BCUT2D eigenvalue weighted by Gasteiger charge is 2.21. The molecule has 1 aliphatic rings. The molecule has 0 bridgehead atoms. The van der Waals surface area contributed by atoms with Gasteiger partial charge in [-0.2, -0.15) is 4.98 Å². The quantitative estimate of drug-likeness (QED) is 0.811. The molecule has 1 saturated heterocycles. The van der Waals surface area contributed by atoms with Crippen LogP contribution >= 0.6 is 11.6 Å². The monoisotopic (exact) mass is 285 g/mol. The Hall–Kier alpha value is -1.11. The summed E-state index contributed by atoms with van der Waals surface area (Å²) >= 11 is 5.82. The van der Waals surface area contributed by atoms with Crippen molar-refractivity contribution in [3.63, 3.8) is 0 Å². The molecule has 6 nitrogen and oxygen atoms in total. The van der Waals surface area contributed by atoms with Gasteiger partial charge in [0.05, 0.1) is 12.2 Å². The van der Waals surface area contributed by atoms with Crippen LogP contribution in [-0.4, -0.2) is 53.3 Å². The molecule has 2 rings (SSSR count). The first-order valence-electron chi connectivity index (χ1n) is 6.44. The molecule has 0 spiro atoms. The molecular weight excluding hydrogens is 266 g/mol. The van der Waals surface area contributed by atoms with Crippen molar-refractivity contribution in [1.82, 2.24) is 14.9 Å². The number of nitrogens with two attached hydrogens (primary N) is 1. The molecule has 0 aliphatic carbocycles. The van der Waals surface area contributed by atoms with Gasteiger partial charge in [0, 0.05) is 32.2 Å². The van der Waals surface area contributed by atoms with Gasteiger partial charge in [-0.25, -0.2) is 4.98 Å². The minimum atomic E-state index is 0.184. The lowest BCUT2D eigenvalue weighted by Crippen LogP contribution is -2.46. The van der Waals surface area contributed by atoms with E-state index in [4.69, 9.17) is 22.1 Å². The second-order valence-corrected chi connectivity index (χ2v) is 5.27. The summed E-state index contributed by atoms with van der Waals surface area (Å²) in [5.41, 5.74) is 5.54. The Balaban J connectivity index is 1.79. The zero-order valence-electron chi connectivity index (χ0n) is 11.3. The van der Waals surface area contributed by atoms with Crippen LogP contribution in [-0.2, 0) is 4.74 Å². The number of rotatable bonds is 4. The highest BCUT2D eigenvalue weighted by molar-refractivity contribution is 6.29. The van der Waals surface area contributed by atoms with Gasteiger partial charge in [0.1, 0.15) is 11.0 Å². The average Bonchev–Trinajstić information content (AvgIpc) is 2.26. The molecule has 1 aromatic heterocycles. The standard InChI is InChI=1S/C12H20ClN5O/c1-8-6-18(7-9(2)19-8)4-3-15-11-5-10(13)16-12(14)17-11/h5,8-9H,3-4,6-7H2,1-2H3,(H3,14,15,16,17)/t8-,9+. The van der Waals surface area contributed by atoms with Gasteiger partial charge in [0.15, 0.2) is 0 Å². The van der Waals surface area contributed by atoms with Crippen LogP contribution in [0.3, 0.4) is 0 Å². The number of nitrogen functional groups attached to an aromatic ring is 1. The van der Waals surface area contributed by atoms with E-state index in [2.05, 4.69) is 34.0 Å². The van der Waals surface area contributed by atoms with Crippen LogP contribution in [0.15, 0.2) is 6.07 Å². The summed E-state index contributed by atoms with van der Waals surface area (Å²) in [5, 5.41) is 3.56. The van der Waals surface area contributed by atoms with Crippen LogP contribution < -0.4 is 11.1 Å². The van der Waals surface area contributed by atoms with Crippen molar-refractivity contribution in [3.05, 3.63) is 11.2 Å². The maximum Gasteiger partial charge on any atom is 0.223 e. The molecule has 2 atom stereocenters. The first-order chi connectivity index (χ1) is 9.02. The van der Waals surface area contributed by atoms with E-state index < -0.39 is 0 Å². The molecule has 0 saturated carbocycles. The van der Waals surface area contributed by atoms with Crippen molar-refractivity contribution in [2.45, 2.75) is 26.1 Å². The van der Waals surface area contributed by atoms with Crippen LogP contribution in [0.2, 0.25) is 5.15 Å². The van der Waals surface area contributed by atoms with Crippen LogP contribution in [0.5, 0.6) is 0 Å². The number of nitrogens with one attached hydrogen (secondary N) is 1. The smallest absolute Gasteiger partial charge is 0.223 e. The van der Waals surface area contributed by atoms with E-state index in [9.17, 15) is 0 Å². The van der Waals surface area contributed by atoms with E-state index in [1.807, 2.05) is 0 Å². The minimum absolute atomic E-state index is 0.184. The highest BCUT2D eigenvalue weighted by Crippen LogP contribution is 2.13. The fraction of sp³-hybridized carbons (Fsp3) is 0.667. The van der Waals surface area contributed by atoms with E-state index in [0.717, 1.165) is 26.2 Å². The molecular formula is C12H20ClN5O. The third-order valence-corrected chi connectivity index (χ3v) is 3.14. The van der Waals surface area contributed by atoms with E-state index in [0.29, 0.717) is 11.0 Å². The molecule has 1 aliphatic heterocycles. The normalized spacial score (nSPS) is 24.4. The maximum absolute atomic E-state index is 5.82. The number of halogens is 1. The lowest BCUT2D eigenvalue weighted by Gasteiger charge is -2.35. The predicted molar refractivity (Wildman–Crippen MR) is 76.4 cm³/mol. The molecule has 1 aromatic rings. The summed E-state index contributed by atoms with van der Waals surface area (Å²) in [4.78, 5) is 10.3. The van der Waals surface area contributed by atoms with Gasteiger partial charge in [-0.3, -0.25) is 4.90 Å². The molecule has 0 aromatic carbocycles. The number of aromatic nitrogens is 2. The number of hydrogen-bond donors (Lipinski definition) is 2. The zero-order valence-corrected chi connectivity index (χ0v) is 12.0. The van der Waals surface area contributed by atoms with Gasteiger partial charge in [-0.15, -0.1) is 0 Å². The summed E-state index contributed by atoms with van der Waals surface area (Å²) in [6, 6.07) is 1.67. The first-order valence-corrected chi connectivity index (χ1v) is 6.82. The molecule has 7 heteroatoms. The number of morpholine rings is 1.